The quantitative estimate of drug-likeness (QED) is 0.290. The van der Waals surface area contributed by atoms with Crippen molar-refractivity contribution in [2.24, 2.45) is 5.41 Å². The molecule has 0 aliphatic carbocycles. The molecule has 0 bridgehead atoms. The summed E-state index contributed by atoms with van der Waals surface area (Å²) in [5.74, 6) is -0.251. The van der Waals surface area contributed by atoms with Gasteiger partial charge in [0.2, 0.25) is 16.3 Å². The third kappa shape index (κ3) is 7.56. The molecule has 0 saturated heterocycles. The van der Waals surface area contributed by atoms with E-state index in [1.54, 1.807) is 13.8 Å². The Bertz CT molecular complexity index is 447. The number of carbonyl (C=O) groups is 1. The van der Waals surface area contributed by atoms with Crippen LogP contribution in [0.3, 0.4) is 0 Å². The third-order valence-electron chi connectivity index (χ3n) is 3.86. The Morgan fingerprint density at radius 1 is 1.38 bits per heavy atom. The number of quaternary nitrogens is 1. The van der Waals surface area contributed by atoms with Gasteiger partial charge in [0, 0.05) is 6.54 Å². The summed E-state index contributed by atoms with van der Waals surface area (Å²) in [6.07, 6.45) is 2.82. The molecule has 0 aliphatic heterocycles. The fraction of sp³-hybridized carbons (Fsp3) is 0.769. The summed E-state index contributed by atoms with van der Waals surface area (Å²) in [6.45, 7) is 10.9. The SMILES string of the molecule is C=CC(=O)NCCCC(C)(C)C(C)(CC)OS(=O)(=O)[O-].[NH4+]. The van der Waals surface area contributed by atoms with Crippen molar-refractivity contribution in [3.05, 3.63) is 12.7 Å². The van der Waals surface area contributed by atoms with Crippen molar-refractivity contribution in [1.82, 2.24) is 11.5 Å². The molecule has 0 aliphatic rings. The van der Waals surface area contributed by atoms with Crippen molar-refractivity contribution >= 4 is 16.3 Å². The summed E-state index contributed by atoms with van der Waals surface area (Å²) in [7, 11) is -4.76. The number of carbonyl (C=O) groups excluding carboxylic acids is 1. The molecule has 0 heterocycles. The van der Waals surface area contributed by atoms with Gasteiger partial charge >= 0.3 is 0 Å². The van der Waals surface area contributed by atoms with E-state index in [0.29, 0.717) is 25.8 Å². The van der Waals surface area contributed by atoms with Gasteiger partial charge in [0.05, 0.1) is 5.60 Å². The van der Waals surface area contributed by atoms with Gasteiger partial charge in [-0.3, -0.25) is 8.98 Å². The molecule has 1 atom stereocenters. The zero-order valence-corrected chi connectivity index (χ0v) is 14.4. The highest BCUT2D eigenvalue weighted by Gasteiger charge is 2.42. The predicted octanol–water partition coefficient (Wildman–Crippen LogP) is 2.12. The van der Waals surface area contributed by atoms with Crippen LogP contribution in [0.2, 0.25) is 0 Å². The summed E-state index contributed by atoms with van der Waals surface area (Å²) in [4.78, 5) is 11.0. The van der Waals surface area contributed by atoms with Gasteiger partial charge < -0.3 is 16.0 Å². The molecule has 0 radical (unpaired) electrons. The van der Waals surface area contributed by atoms with Gasteiger partial charge in [-0.15, -0.1) is 0 Å². The summed E-state index contributed by atoms with van der Waals surface area (Å²) >= 11 is 0. The number of amides is 1. The number of hydrogen-bond acceptors (Lipinski definition) is 5. The molecule has 0 spiro atoms. The molecule has 8 heteroatoms. The lowest BCUT2D eigenvalue weighted by molar-refractivity contribution is -0.116. The van der Waals surface area contributed by atoms with E-state index in [1.165, 1.54) is 6.08 Å². The van der Waals surface area contributed by atoms with Crippen molar-refractivity contribution < 1.29 is 21.9 Å². The van der Waals surface area contributed by atoms with Gasteiger partial charge in [-0.05, 0) is 37.7 Å². The predicted molar refractivity (Wildman–Crippen MR) is 81.7 cm³/mol. The Morgan fingerprint density at radius 3 is 2.29 bits per heavy atom. The van der Waals surface area contributed by atoms with Gasteiger partial charge in [-0.2, -0.15) is 0 Å². The molecule has 1 unspecified atom stereocenters. The number of nitrogens with one attached hydrogen (secondary N) is 1. The van der Waals surface area contributed by atoms with E-state index in [1.807, 2.05) is 13.8 Å². The molecule has 1 amide bonds. The molecular formula is C13H28N2O5S. The zero-order valence-electron chi connectivity index (χ0n) is 13.6. The molecule has 0 aromatic carbocycles. The summed E-state index contributed by atoms with van der Waals surface area (Å²) in [5.41, 5.74) is -1.60. The minimum absolute atomic E-state index is 0. The van der Waals surface area contributed by atoms with Crippen molar-refractivity contribution in [3.8, 4) is 0 Å². The topological polar surface area (TPSA) is 132 Å². The van der Waals surface area contributed by atoms with Gasteiger partial charge in [0.15, 0.2) is 0 Å². The Kier molecular flexibility index (Phi) is 9.01. The van der Waals surface area contributed by atoms with Crippen LogP contribution in [0, 0.1) is 5.41 Å². The molecule has 0 aromatic heterocycles. The molecule has 0 aromatic rings. The first-order valence-electron chi connectivity index (χ1n) is 6.54. The normalized spacial score (nSPS) is 14.7. The Labute approximate surface area is 127 Å². The van der Waals surface area contributed by atoms with Crippen LogP contribution < -0.4 is 11.5 Å². The molecule has 126 valence electrons. The Morgan fingerprint density at radius 2 is 1.90 bits per heavy atom. The van der Waals surface area contributed by atoms with Crippen LogP contribution in [0.1, 0.15) is 47.0 Å². The van der Waals surface area contributed by atoms with Crippen molar-refractivity contribution in [2.45, 2.75) is 52.6 Å². The summed E-state index contributed by atoms with van der Waals surface area (Å²) in [5, 5.41) is 2.64. The van der Waals surface area contributed by atoms with Crippen LogP contribution in [0.15, 0.2) is 12.7 Å². The lowest BCUT2D eigenvalue weighted by Gasteiger charge is -2.43. The van der Waals surface area contributed by atoms with Crippen molar-refractivity contribution in [2.75, 3.05) is 6.54 Å². The van der Waals surface area contributed by atoms with Crippen LogP contribution in [0.25, 0.3) is 0 Å². The number of hydrogen-bond donors (Lipinski definition) is 2. The summed E-state index contributed by atoms with van der Waals surface area (Å²) < 4.78 is 37.3. The standard InChI is InChI=1S/C13H25NO5S.H3N/c1-6-11(15)14-10-8-9-12(3,4)13(5,7-2)19-20(16,17)18;/h6H,1,7-10H2,2-5H3,(H,14,15)(H,16,17,18);1H3. The van der Waals surface area contributed by atoms with Crippen LogP contribution in [0.4, 0.5) is 0 Å². The maximum absolute atomic E-state index is 11.0. The molecule has 0 saturated carbocycles. The first-order valence-corrected chi connectivity index (χ1v) is 7.87. The van der Waals surface area contributed by atoms with E-state index < -0.39 is 21.4 Å². The monoisotopic (exact) mass is 324 g/mol. The maximum atomic E-state index is 11.0. The van der Waals surface area contributed by atoms with Crippen LogP contribution in [0.5, 0.6) is 0 Å². The second-order valence-electron chi connectivity index (χ2n) is 5.56. The smallest absolute Gasteiger partial charge is 0.243 e. The zero-order chi connectivity index (χ0) is 16.0. The van der Waals surface area contributed by atoms with Gasteiger partial charge in [-0.25, -0.2) is 8.42 Å². The maximum Gasteiger partial charge on any atom is 0.243 e. The van der Waals surface area contributed by atoms with Crippen LogP contribution >= 0.6 is 0 Å². The minimum Gasteiger partial charge on any atom is -0.726 e. The molecule has 0 rings (SSSR count). The van der Waals surface area contributed by atoms with E-state index >= 15 is 0 Å². The average Bonchev–Trinajstić information content (AvgIpc) is 2.31. The molecular weight excluding hydrogens is 296 g/mol. The fourth-order valence-electron chi connectivity index (χ4n) is 1.95. The minimum atomic E-state index is -4.76. The van der Waals surface area contributed by atoms with Crippen LogP contribution in [-0.4, -0.2) is 31.0 Å². The second kappa shape index (κ2) is 8.47. The first-order chi connectivity index (χ1) is 8.97. The van der Waals surface area contributed by atoms with Gasteiger partial charge in [-0.1, -0.05) is 27.4 Å². The van der Waals surface area contributed by atoms with E-state index in [2.05, 4.69) is 11.9 Å². The third-order valence-corrected chi connectivity index (χ3v) is 4.43. The van der Waals surface area contributed by atoms with E-state index in [9.17, 15) is 17.8 Å². The van der Waals surface area contributed by atoms with Crippen molar-refractivity contribution in [3.63, 3.8) is 0 Å². The largest absolute Gasteiger partial charge is 0.726 e. The average molecular weight is 324 g/mol. The van der Waals surface area contributed by atoms with Crippen molar-refractivity contribution in [1.29, 1.82) is 0 Å². The Hall–Kier alpha value is -0.960. The molecule has 7 nitrogen and oxygen atoms in total. The molecule has 0 fully saturated rings. The van der Waals surface area contributed by atoms with Gasteiger partial charge in [0.1, 0.15) is 0 Å². The fourth-order valence-corrected chi connectivity index (χ4v) is 2.75. The van der Waals surface area contributed by atoms with E-state index in [4.69, 9.17) is 4.18 Å². The number of rotatable bonds is 9. The van der Waals surface area contributed by atoms with Crippen LogP contribution in [-0.2, 0) is 19.4 Å². The highest BCUT2D eigenvalue weighted by atomic mass is 32.3. The van der Waals surface area contributed by atoms with E-state index in [0.717, 1.165) is 0 Å². The lowest BCUT2D eigenvalue weighted by atomic mass is 9.71. The van der Waals surface area contributed by atoms with Gasteiger partial charge in [0.25, 0.3) is 0 Å². The Balaban J connectivity index is 0. The highest BCUT2D eigenvalue weighted by molar-refractivity contribution is 7.80. The summed E-state index contributed by atoms with van der Waals surface area (Å²) in [6, 6.07) is 0. The molecule has 21 heavy (non-hydrogen) atoms. The van der Waals surface area contributed by atoms with E-state index in [-0.39, 0.29) is 12.1 Å². The highest BCUT2D eigenvalue weighted by Crippen LogP contribution is 2.41. The second-order valence-corrected chi connectivity index (χ2v) is 6.54. The lowest BCUT2D eigenvalue weighted by Crippen LogP contribution is -2.45. The molecule has 5 N–H and O–H groups in total. The first kappa shape index (κ1) is 22.3.